The minimum Gasteiger partial charge on any atom is -0.489 e. The predicted octanol–water partition coefficient (Wildman–Crippen LogP) is 3.11. The molecule has 1 aliphatic heterocycles. The molecule has 31 heavy (non-hydrogen) atoms. The Bertz CT molecular complexity index is 1020. The molecule has 7 heteroatoms. The summed E-state index contributed by atoms with van der Waals surface area (Å²) in [7, 11) is 1.52. The molecule has 0 aliphatic carbocycles. The van der Waals surface area contributed by atoms with E-state index >= 15 is 0 Å². The molecule has 0 bridgehead atoms. The first-order chi connectivity index (χ1) is 15.1. The van der Waals surface area contributed by atoms with Gasteiger partial charge in [0.2, 0.25) is 5.91 Å². The topological polar surface area (TPSA) is 83.7 Å². The molecule has 2 heterocycles. The highest BCUT2D eigenvalue weighted by Gasteiger charge is 2.25. The minimum absolute atomic E-state index is 0.00212. The number of hydrogen-bond acceptors (Lipinski definition) is 4. The average molecular weight is 421 g/mol. The summed E-state index contributed by atoms with van der Waals surface area (Å²) in [5.74, 6) is 0.387. The van der Waals surface area contributed by atoms with Gasteiger partial charge >= 0.3 is 0 Å². The fourth-order valence-corrected chi connectivity index (χ4v) is 3.87. The second kappa shape index (κ2) is 9.66. The first kappa shape index (κ1) is 20.9. The molecule has 2 N–H and O–H groups in total. The van der Waals surface area contributed by atoms with E-state index in [0.717, 1.165) is 29.4 Å². The first-order valence-electron chi connectivity index (χ1n) is 10.5. The number of methoxy groups -OCH3 is 1. The lowest BCUT2D eigenvalue weighted by Crippen LogP contribution is -2.43. The number of amides is 2. The maximum Gasteiger partial charge on any atom is 0.255 e. The average Bonchev–Trinajstić information content (AvgIpc) is 3.21. The lowest BCUT2D eigenvalue weighted by Gasteiger charge is -2.32. The molecule has 4 rings (SSSR count). The highest BCUT2D eigenvalue weighted by atomic mass is 16.5. The van der Waals surface area contributed by atoms with Gasteiger partial charge in [0.05, 0.1) is 12.1 Å². The third-order valence-electron chi connectivity index (χ3n) is 5.51. The van der Waals surface area contributed by atoms with Crippen molar-refractivity contribution in [1.29, 1.82) is 0 Å². The number of carbonyl (C=O) groups excluding carboxylic acids is 2. The molecule has 2 aromatic carbocycles. The van der Waals surface area contributed by atoms with Crippen LogP contribution in [0.15, 0.2) is 54.6 Å². The number of nitrogens with zero attached hydrogens (tertiary/aromatic N) is 1. The summed E-state index contributed by atoms with van der Waals surface area (Å²) in [5.41, 5.74) is 2.50. The number of fused-ring (bicyclic) bond motifs is 1. The molecule has 162 valence electrons. The number of piperidine rings is 1. The van der Waals surface area contributed by atoms with Crippen LogP contribution in [0.4, 0.5) is 0 Å². The van der Waals surface area contributed by atoms with Crippen molar-refractivity contribution < 1.29 is 19.1 Å². The quantitative estimate of drug-likeness (QED) is 0.614. The van der Waals surface area contributed by atoms with Gasteiger partial charge in [-0.2, -0.15) is 0 Å². The van der Waals surface area contributed by atoms with Crippen LogP contribution in [0, 0.1) is 0 Å². The van der Waals surface area contributed by atoms with Crippen LogP contribution in [-0.2, 0) is 16.1 Å². The molecule has 0 spiro atoms. The molecular formula is C24H27N3O4. The van der Waals surface area contributed by atoms with E-state index in [1.807, 2.05) is 48.5 Å². The van der Waals surface area contributed by atoms with Crippen molar-refractivity contribution >= 4 is 22.7 Å². The van der Waals surface area contributed by atoms with Gasteiger partial charge in [-0.3, -0.25) is 9.59 Å². The van der Waals surface area contributed by atoms with E-state index in [9.17, 15) is 9.59 Å². The second-order valence-corrected chi connectivity index (χ2v) is 7.69. The summed E-state index contributed by atoms with van der Waals surface area (Å²) in [6, 6.07) is 17.3. The number of nitrogens with one attached hydrogen (secondary N) is 2. The highest BCUT2D eigenvalue weighted by molar-refractivity contribution is 5.97. The van der Waals surface area contributed by atoms with E-state index in [2.05, 4.69) is 10.3 Å². The molecule has 1 fully saturated rings. The minimum atomic E-state index is -0.179. The van der Waals surface area contributed by atoms with E-state index in [1.165, 1.54) is 7.11 Å². The number of aromatic nitrogens is 1. The third kappa shape index (κ3) is 5.06. The summed E-state index contributed by atoms with van der Waals surface area (Å²) >= 11 is 0. The number of para-hydroxylation sites is 2. The van der Waals surface area contributed by atoms with Gasteiger partial charge in [0, 0.05) is 44.3 Å². The number of rotatable bonds is 7. The molecule has 0 radical (unpaired) electrons. The van der Waals surface area contributed by atoms with Crippen LogP contribution in [0.2, 0.25) is 0 Å². The van der Waals surface area contributed by atoms with Crippen LogP contribution in [0.3, 0.4) is 0 Å². The molecule has 0 saturated carbocycles. The summed E-state index contributed by atoms with van der Waals surface area (Å²) in [6.07, 6.45) is 1.41. The van der Waals surface area contributed by atoms with E-state index in [1.54, 1.807) is 11.0 Å². The van der Waals surface area contributed by atoms with Crippen LogP contribution in [0.1, 0.15) is 28.9 Å². The summed E-state index contributed by atoms with van der Waals surface area (Å²) in [4.78, 5) is 29.9. The Morgan fingerprint density at radius 1 is 1.10 bits per heavy atom. The van der Waals surface area contributed by atoms with Crippen molar-refractivity contribution in [3.05, 3.63) is 65.9 Å². The Morgan fingerprint density at radius 3 is 2.61 bits per heavy atom. The van der Waals surface area contributed by atoms with Crippen molar-refractivity contribution in [2.75, 3.05) is 26.8 Å². The first-order valence-corrected chi connectivity index (χ1v) is 10.5. The van der Waals surface area contributed by atoms with Crippen molar-refractivity contribution in [3.63, 3.8) is 0 Å². The predicted molar refractivity (Wildman–Crippen MR) is 118 cm³/mol. The number of H-pyrrole nitrogens is 1. The zero-order chi connectivity index (χ0) is 21.6. The van der Waals surface area contributed by atoms with Gasteiger partial charge in [-0.1, -0.05) is 30.3 Å². The van der Waals surface area contributed by atoms with E-state index in [0.29, 0.717) is 30.9 Å². The van der Waals surface area contributed by atoms with Crippen molar-refractivity contribution in [2.45, 2.75) is 25.5 Å². The van der Waals surface area contributed by atoms with Crippen molar-refractivity contribution in [2.24, 2.45) is 0 Å². The summed E-state index contributed by atoms with van der Waals surface area (Å²) < 4.78 is 11.1. The van der Waals surface area contributed by atoms with Gasteiger partial charge in [-0.25, -0.2) is 0 Å². The number of aromatic amines is 1. The number of carbonyl (C=O) groups is 2. The zero-order valence-electron chi connectivity index (χ0n) is 17.6. The SMILES string of the molecule is COCC(=O)N1CCC(Oc2ccccc2C(=O)NCc2cc3ccccc3[nH]2)CC1. The van der Waals surface area contributed by atoms with Gasteiger partial charge < -0.3 is 24.7 Å². The van der Waals surface area contributed by atoms with Crippen LogP contribution in [-0.4, -0.2) is 54.6 Å². The van der Waals surface area contributed by atoms with Crippen LogP contribution in [0.25, 0.3) is 10.9 Å². The molecule has 3 aromatic rings. The number of likely N-dealkylation sites (tertiary alicyclic amines) is 1. The molecular weight excluding hydrogens is 394 g/mol. The normalized spacial score (nSPS) is 14.5. The van der Waals surface area contributed by atoms with Crippen molar-refractivity contribution in [1.82, 2.24) is 15.2 Å². The van der Waals surface area contributed by atoms with Gasteiger partial charge in [-0.15, -0.1) is 0 Å². The highest BCUT2D eigenvalue weighted by Crippen LogP contribution is 2.23. The van der Waals surface area contributed by atoms with E-state index in [4.69, 9.17) is 9.47 Å². The zero-order valence-corrected chi connectivity index (χ0v) is 17.6. The number of ether oxygens (including phenoxy) is 2. The molecule has 1 aliphatic rings. The summed E-state index contributed by atoms with van der Waals surface area (Å²) in [5, 5.41) is 4.09. The monoisotopic (exact) mass is 421 g/mol. The lowest BCUT2D eigenvalue weighted by molar-refractivity contribution is -0.136. The smallest absolute Gasteiger partial charge is 0.255 e. The molecule has 1 aromatic heterocycles. The number of benzene rings is 2. The lowest BCUT2D eigenvalue weighted by atomic mass is 10.1. The molecule has 2 amide bonds. The summed E-state index contributed by atoms with van der Waals surface area (Å²) in [6.45, 7) is 1.76. The van der Waals surface area contributed by atoms with Crippen LogP contribution in [0.5, 0.6) is 5.75 Å². The molecule has 7 nitrogen and oxygen atoms in total. The Kier molecular flexibility index (Phi) is 6.52. The van der Waals surface area contributed by atoms with Gasteiger partial charge in [0.1, 0.15) is 18.5 Å². The standard InChI is InChI=1S/C24H27N3O4/c1-30-16-23(28)27-12-10-19(11-13-27)31-22-9-5-3-7-20(22)24(29)25-15-18-14-17-6-2-4-8-21(17)26-18/h2-9,14,19,26H,10-13,15-16H2,1H3,(H,25,29). The maximum absolute atomic E-state index is 12.8. The Hall–Kier alpha value is -3.32. The third-order valence-corrected chi connectivity index (χ3v) is 5.51. The number of hydrogen-bond donors (Lipinski definition) is 2. The fourth-order valence-electron chi connectivity index (χ4n) is 3.87. The van der Waals surface area contributed by atoms with Crippen LogP contribution >= 0.6 is 0 Å². The van der Waals surface area contributed by atoms with E-state index < -0.39 is 0 Å². The fraction of sp³-hybridized carbons (Fsp3) is 0.333. The molecule has 0 unspecified atom stereocenters. The Morgan fingerprint density at radius 2 is 1.84 bits per heavy atom. The van der Waals surface area contributed by atoms with Crippen molar-refractivity contribution in [3.8, 4) is 5.75 Å². The maximum atomic E-state index is 12.8. The van der Waals surface area contributed by atoms with Gasteiger partial charge in [0.15, 0.2) is 0 Å². The Labute approximate surface area is 181 Å². The largest absolute Gasteiger partial charge is 0.489 e. The second-order valence-electron chi connectivity index (χ2n) is 7.69. The van der Waals surface area contributed by atoms with Crippen LogP contribution < -0.4 is 10.1 Å². The van der Waals surface area contributed by atoms with Gasteiger partial charge in [0.25, 0.3) is 5.91 Å². The van der Waals surface area contributed by atoms with E-state index in [-0.39, 0.29) is 24.5 Å². The van der Waals surface area contributed by atoms with Gasteiger partial charge in [-0.05, 0) is 29.7 Å². The Balaban J connectivity index is 1.35. The molecule has 1 saturated heterocycles. The molecule has 0 atom stereocenters.